The van der Waals surface area contributed by atoms with E-state index < -0.39 is 0 Å². The van der Waals surface area contributed by atoms with E-state index >= 15 is 0 Å². The molecule has 0 unspecified atom stereocenters. The van der Waals surface area contributed by atoms with Gasteiger partial charge in [-0.25, -0.2) is 14.8 Å². The maximum absolute atomic E-state index is 12.3. The van der Waals surface area contributed by atoms with E-state index in [2.05, 4.69) is 32.5 Å². The fraction of sp³-hybridized carbons (Fsp3) is 0.353. The van der Waals surface area contributed by atoms with Crippen LogP contribution >= 0.6 is 11.3 Å². The lowest BCUT2D eigenvalue weighted by Gasteiger charge is -2.32. The van der Waals surface area contributed by atoms with Crippen LogP contribution in [0.1, 0.15) is 29.3 Å². The van der Waals surface area contributed by atoms with Crippen molar-refractivity contribution in [2.24, 2.45) is 0 Å². The number of rotatable bonds is 3. The van der Waals surface area contributed by atoms with Crippen molar-refractivity contribution >= 4 is 28.4 Å². The lowest BCUT2D eigenvalue weighted by Crippen LogP contribution is -2.43. The number of aromatic nitrogens is 3. The Hall–Kier alpha value is -2.41. The third kappa shape index (κ3) is 2.99. The van der Waals surface area contributed by atoms with Crippen LogP contribution in [0.3, 0.4) is 0 Å². The van der Waals surface area contributed by atoms with Crippen LogP contribution < -0.4 is 5.32 Å². The number of nitrogens with one attached hydrogen (secondary N) is 2. The van der Waals surface area contributed by atoms with Crippen LogP contribution in [0.2, 0.25) is 0 Å². The molecule has 0 bridgehead atoms. The van der Waals surface area contributed by atoms with E-state index in [1.54, 1.807) is 23.7 Å². The molecule has 0 aliphatic carbocycles. The molecule has 6 nitrogen and oxygen atoms in total. The smallest absolute Gasteiger partial charge is 0.317 e. The second-order valence-corrected chi connectivity index (χ2v) is 6.97. The van der Waals surface area contributed by atoms with Crippen LogP contribution in [-0.4, -0.2) is 39.0 Å². The van der Waals surface area contributed by atoms with Gasteiger partial charge in [0.1, 0.15) is 10.7 Å². The van der Waals surface area contributed by atoms with Gasteiger partial charge in [-0.2, -0.15) is 0 Å². The summed E-state index contributed by atoms with van der Waals surface area (Å²) in [5.74, 6) is 0.478. The quantitative estimate of drug-likeness (QED) is 0.769. The van der Waals surface area contributed by atoms with Crippen molar-refractivity contribution in [2.75, 3.05) is 13.1 Å². The number of urea groups is 1. The first-order chi connectivity index (χ1) is 11.8. The van der Waals surface area contributed by atoms with Gasteiger partial charge in [0.2, 0.25) is 0 Å². The Morgan fingerprint density at radius 1 is 1.33 bits per heavy atom. The van der Waals surface area contributed by atoms with E-state index in [4.69, 9.17) is 0 Å². The lowest BCUT2D eigenvalue weighted by atomic mass is 9.89. The van der Waals surface area contributed by atoms with Crippen LogP contribution in [0.25, 0.3) is 11.0 Å². The van der Waals surface area contributed by atoms with E-state index in [1.165, 1.54) is 10.9 Å². The number of hydrogen-bond acceptors (Lipinski definition) is 4. The molecule has 0 atom stereocenters. The molecular weight excluding hydrogens is 322 g/mol. The third-order valence-corrected chi connectivity index (χ3v) is 5.36. The van der Waals surface area contributed by atoms with Gasteiger partial charge in [-0.3, -0.25) is 0 Å². The molecule has 124 valence electrons. The monoisotopic (exact) mass is 341 g/mol. The molecule has 0 saturated carbocycles. The fourth-order valence-corrected chi connectivity index (χ4v) is 3.87. The zero-order valence-corrected chi connectivity index (χ0v) is 14.1. The second-order valence-electron chi connectivity index (χ2n) is 5.99. The van der Waals surface area contributed by atoms with Crippen LogP contribution in [0, 0.1) is 0 Å². The highest BCUT2D eigenvalue weighted by Gasteiger charge is 2.25. The molecule has 2 N–H and O–H groups in total. The Kier molecular flexibility index (Phi) is 4.17. The first-order valence-electron chi connectivity index (χ1n) is 8.14. The highest BCUT2D eigenvalue weighted by atomic mass is 32.1. The minimum atomic E-state index is 0.00393. The molecule has 1 fully saturated rings. The van der Waals surface area contributed by atoms with Crippen molar-refractivity contribution in [1.82, 2.24) is 25.2 Å². The van der Waals surface area contributed by atoms with Gasteiger partial charge in [0, 0.05) is 42.4 Å². The number of hydrogen-bond donors (Lipinski definition) is 2. The number of fused-ring (bicyclic) bond motifs is 1. The molecule has 1 saturated heterocycles. The van der Waals surface area contributed by atoms with Crippen molar-refractivity contribution in [1.29, 1.82) is 0 Å². The van der Waals surface area contributed by atoms with Gasteiger partial charge < -0.3 is 15.2 Å². The maximum atomic E-state index is 12.3. The number of thiazole rings is 1. The molecule has 3 aromatic heterocycles. The molecular formula is C17H19N5OS. The number of carbonyl (C=O) groups excluding carboxylic acids is 1. The normalized spacial score (nSPS) is 15.8. The average Bonchev–Trinajstić information content (AvgIpc) is 3.29. The third-order valence-electron chi connectivity index (χ3n) is 4.58. The Morgan fingerprint density at radius 3 is 3.00 bits per heavy atom. The summed E-state index contributed by atoms with van der Waals surface area (Å²) in [6.07, 6.45) is 7.59. The van der Waals surface area contributed by atoms with Gasteiger partial charge in [0.05, 0.1) is 6.54 Å². The summed E-state index contributed by atoms with van der Waals surface area (Å²) in [4.78, 5) is 26.0. The predicted octanol–water partition coefficient (Wildman–Crippen LogP) is 3.11. The first kappa shape index (κ1) is 15.1. The van der Waals surface area contributed by atoms with E-state index in [0.717, 1.165) is 36.6 Å². The number of carbonyl (C=O) groups is 1. The average molecular weight is 341 g/mol. The van der Waals surface area contributed by atoms with Crippen LogP contribution in [0.15, 0.2) is 36.1 Å². The summed E-state index contributed by atoms with van der Waals surface area (Å²) < 4.78 is 0. The Bertz CT molecular complexity index is 821. The summed E-state index contributed by atoms with van der Waals surface area (Å²) in [5.41, 5.74) is 2.26. The summed E-state index contributed by atoms with van der Waals surface area (Å²) >= 11 is 1.56. The summed E-state index contributed by atoms with van der Waals surface area (Å²) in [6, 6.07) is 4.09. The number of pyridine rings is 1. The van der Waals surface area contributed by atoms with E-state index in [-0.39, 0.29) is 6.03 Å². The number of nitrogens with zero attached hydrogens (tertiary/aromatic N) is 3. The largest absolute Gasteiger partial charge is 0.346 e. The lowest BCUT2D eigenvalue weighted by molar-refractivity contribution is 0.181. The first-order valence-corrected chi connectivity index (χ1v) is 9.02. The van der Waals surface area contributed by atoms with Crippen molar-refractivity contribution < 1.29 is 4.79 Å². The molecule has 1 aliphatic rings. The zero-order chi connectivity index (χ0) is 16.4. The summed E-state index contributed by atoms with van der Waals surface area (Å²) in [5, 5.41) is 7.01. The predicted molar refractivity (Wildman–Crippen MR) is 94.0 cm³/mol. The fourth-order valence-electron chi connectivity index (χ4n) is 3.31. The number of piperidine rings is 1. The molecule has 3 aromatic rings. The molecule has 4 heterocycles. The minimum Gasteiger partial charge on any atom is -0.346 e. The Morgan fingerprint density at radius 2 is 2.21 bits per heavy atom. The number of likely N-dealkylation sites (tertiary alicyclic amines) is 1. The zero-order valence-electron chi connectivity index (χ0n) is 13.2. The van der Waals surface area contributed by atoms with Crippen LogP contribution in [0.5, 0.6) is 0 Å². The molecule has 7 heteroatoms. The molecule has 0 aromatic carbocycles. The Balaban J connectivity index is 1.35. The van der Waals surface area contributed by atoms with E-state index in [1.807, 2.05) is 16.3 Å². The van der Waals surface area contributed by atoms with Gasteiger partial charge in [-0.15, -0.1) is 11.3 Å². The van der Waals surface area contributed by atoms with Crippen LogP contribution in [-0.2, 0) is 6.54 Å². The molecule has 4 rings (SSSR count). The molecule has 2 amide bonds. The second kappa shape index (κ2) is 6.60. The minimum absolute atomic E-state index is 0.00393. The Labute approximate surface area is 143 Å². The van der Waals surface area contributed by atoms with Crippen LogP contribution in [0.4, 0.5) is 4.79 Å². The molecule has 0 spiro atoms. The molecule has 0 radical (unpaired) electrons. The van der Waals surface area contributed by atoms with E-state index in [0.29, 0.717) is 12.5 Å². The summed E-state index contributed by atoms with van der Waals surface area (Å²) in [6.45, 7) is 2.06. The van der Waals surface area contributed by atoms with Gasteiger partial charge in [0.15, 0.2) is 0 Å². The number of amides is 2. The molecule has 1 aliphatic heterocycles. The van der Waals surface area contributed by atoms with Gasteiger partial charge in [-0.05, 0) is 36.5 Å². The number of aromatic amines is 1. The number of H-pyrrole nitrogens is 1. The van der Waals surface area contributed by atoms with Gasteiger partial charge in [0.25, 0.3) is 0 Å². The van der Waals surface area contributed by atoms with Gasteiger partial charge >= 0.3 is 6.03 Å². The molecule has 24 heavy (non-hydrogen) atoms. The van der Waals surface area contributed by atoms with Crippen molar-refractivity contribution in [3.63, 3.8) is 0 Å². The van der Waals surface area contributed by atoms with Crippen molar-refractivity contribution in [3.8, 4) is 0 Å². The SMILES string of the molecule is O=C(NCc1nccs1)N1CCC(c2c[nH]c3ncccc23)CC1. The highest BCUT2D eigenvalue weighted by Crippen LogP contribution is 2.32. The standard InChI is InChI=1S/C17H19N5OS/c23-17(21-11-15-18-6-9-24-15)22-7-3-12(4-8-22)14-10-20-16-13(14)2-1-5-19-16/h1-2,5-6,9-10,12H,3-4,7-8,11H2,(H,19,20)(H,21,23). The van der Waals surface area contributed by atoms with Gasteiger partial charge in [-0.1, -0.05) is 0 Å². The highest BCUT2D eigenvalue weighted by molar-refractivity contribution is 7.09. The van der Waals surface area contributed by atoms with Crippen molar-refractivity contribution in [3.05, 3.63) is 46.7 Å². The topological polar surface area (TPSA) is 73.9 Å². The van der Waals surface area contributed by atoms with Crippen molar-refractivity contribution in [2.45, 2.75) is 25.3 Å². The van der Waals surface area contributed by atoms with E-state index in [9.17, 15) is 4.79 Å². The maximum Gasteiger partial charge on any atom is 0.317 e. The summed E-state index contributed by atoms with van der Waals surface area (Å²) in [7, 11) is 0.